The molecule has 1 aliphatic rings. The zero-order valence-corrected chi connectivity index (χ0v) is 9.90. The van der Waals surface area contributed by atoms with Gasteiger partial charge in [0, 0.05) is 36.4 Å². The molecule has 1 fully saturated rings. The maximum absolute atomic E-state index is 4.27. The highest BCUT2D eigenvalue weighted by Crippen LogP contribution is 2.32. The van der Waals surface area contributed by atoms with Crippen LogP contribution in [0.1, 0.15) is 45.2 Å². The van der Waals surface area contributed by atoms with Crippen LogP contribution in [-0.2, 0) is 6.54 Å². The zero-order chi connectivity index (χ0) is 10.8. The molecular formula is C12H21N3. The number of aromatic nitrogens is 2. The van der Waals surface area contributed by atoms with Crippen LogP contribution in [0.2, 0.25) is 0 Å². The molecule has 0 aliphatic carbocycles. The first-order chi connectivity index (χ1) is 7.26. The predicted molar refractivity (Wildman–Crippen MR) is 61.9 cm³/mol. The van der Waals surface area contributed by atoms with Crippen molar-refractivity contribution in [2.24, 2.45) is 0 Å². The molecule has 3 unspecified atom stereocenters. The zero-order valence-electron chi connectivity index (χ0n) is 9.90. The van der Waals surface area contributed by atoms with Gasteiger partial charge in [0.25, 0.3) is 0 Å². The van der Waals surface area contributed by atoms with Crippen molar-refractivity contribution in [1.29, 1.82) is 0 Å². The molecule has 0 saturated carbocycles. The molecule has 3 heteroatoms. The second kappa shape index (κ2) is 4.35. The van der Waals surface area contributed by atoms with Crippen LogP contribution in [0.3, 0.4) is 0 Å². The summed E-state index contributed by atoms with van der Waals surface area (Å²) < 4.78 is 2.27. The highest BCUT2D eigenvalue weighted by atomic mass is 15.1. The van der Waals surface area contributed by atoms with Crippen molar-refractivity contribution in [1.82, 2.24) is 14.9 Å². The van der Waals surface area contributed by atoms with Crippen LogP contribution in [0.4, 0.5) is 0 Å². The minimum atomic E-state index is 0.627. The lowest BCUT2D eigenvalue weighted by Gasteiger charge is -2.18. The van der Waals surface area contributed by atoms with Crippen molar-refractivity contribution in [3.63, 3.8) is 0 Å². The summed E-state index contributed by atoms with van der Waals surface area (Å²) in [6.45, 7) is 7.74. The Balaban J connectivity index is 2.22. The van der Waals surface area contributed by atoms with Crippen LogP contribution in [0, 0.1) is 0 Å². The van der Waals surface area contributed by atoms with Gasteiger partial charge in [-0.2, -0.15) is 0 Å². The fourth-order valence-electron chi connectivity index (χ4n) is 2.73. The highest BCUT2D eigenvalue weighted by Gasteiger charge is 2.32. The smallest absolute Gasteiger partial charge is 0.0948 e. The summed E-state index contributed by atoms with van der Waals surface area (Å²) in [6.07, 6.45) is 6.43. The van der Waals surface area contributed by atoms with Gasteiger partial charge >= 0.3 is 0 Å². The summed E-state index contributed by atoms with van der Waals surface area (Å²) in [5.41, 5.74) is 1.40. The summed E-state index contributed by atoms with van der Waals surface area (Å²) in [5, 5.41) is 3.65. The van der Waals surface area contributed by atoms with Gasteiger partial charge in [0.2, 0.25) is 0 Å². The summed E-state index contributed by atoms with van der Waals surface area (Å²) in [5.74, 6) is 0.646. The van der Waals surface area contributed by atoms with E-state index in [4.69, 9.17) is 0 Å². The molecular weight excluding hydrogens is 186 g/mol. The van der Waals surface area contributed by atoms with Crippen molar-refractivity contribution in [2.75, 3.05) is 0 Å². The fraction of sp³-hybridized carbons (Fsp3) is 0.750. The molecule has 0 aromatic carbocycles. The average Bonchev–Trinajstić information content (AvgIpc) is 2.82. The van der Waals surface area contributed by atoms with E-state index in [9.17, 15) is 0 Å². The molecule has 1 aromatic heterocycles. The molecule has 2 rings (SSSR count). The molecule has 15 heavy (non-hydrogen) atoms. The standard InChI is InChI=1S/C12H21N3/c1-4-11-10(6-9(3)14-11)12-7-13-8-15(12)5-2/h7-11,14H,4-6H2,1-3H3. The summed E-state index contributed by atoms with van der Waals surface area (Å²) >= 11 is 0. The first kappa shape index (κ1) is 10.7. The minimum absolute atomic E-state index is 0.627. The van der Waals surface area contributed by atoms with Crippen LogP contribution in [0.5, 0.6) is 0 Å². The van der Waals surface area contributed by atoms with E-state index in [0.29, 0.717) is 18.0 Å². The minimum Gasteiger partial charge on any atom is -0.335 e. The lowest BCUT2D eigenvalue weighted by molar-refractivity contribution is 0.498. The number of nitrogens with zero attached hydrogens (tertiary/aromatic N) is 2. The molecule has 2 heterocycles. The van der Waals surface area contributed by atoms with Gasteiger partial charge in [0.15, 0.2) is 0 Å². The topological polar surface area (TPSA) is 29.9 Å². The maximum Gasteiger partial charge on any atom is 0.0948 e. The van der Waals surface area contributed by atoms with Crippen molar-refractivity contribution in [3.05, 3.63) is 18.2 Å². The Bertz CT molecular complexity index is 318. The number of imidazole rings is 1. The predicted octanol–water partition coefficient (Wildman–Crippen LogP) is 2.15. The molecule has 1 N–H and O–H groups in total. The van der Waals surface area contributed by atoms with Gasteiger partial charge in [-0.15, -0.1) is 0 Å². The Morgan fingerprint density at radius 2 is 2.33 bits per heavy atom. The van der Waals surface area contributed by atoms with Crippen molar-refractivity contribution < 1.29 is 0 Å². The maximum atomic E-state index is 4.27. The van der Waals surface area contributed by atoms with Crippen LogP contribution in [-0.4, -0.2) is 21.6 Å². The van der Waals surface area contributed by atoms with Crippen molar-refractivity contribution in [2.45, 2.75) is 58.2 Å². The number of aryl methyl sites for hydroxylation is 1. The molecule has 0 radical (unpaired) electrons. The second-order valence-electron chi connectivity index (χ2n) is 4.53. The normalized spacial score (nSPS) is 31.0. The van der Waals surface area contributed by atoms with E-state index in [1.165, 1.54) is 18.5 Å². The van der Waals surface area contributed by atoms with Crippen LogP contribution < -0.4 is 5.32 Å². The van der Waals surface area contributed by atoms with Gasteiger partial charge in [0.1, 0.15) is 0 Å². The molecule has 0 amide bonds. The molecule has 0 spiro atoms. The third-order valence-corrected chi connectivity index (χ3v) is 3.50. The fourth-order valence-corrected chi connectivity index (χ4v) is 2.73. The molecule has 1 saturated heterocycles. The van der Waals surface area contributed by atoms with E-state index in [1.807, 2.05) is 12.5 Å². The summed E-state index contributed by atoms with van der Waals surface area (Å²) in [7, 11) is 0. The SMILES string of the molecule is CCC1NC(C)CC1c1cncn1CC. The first-order valence-electron chi connectivity index (χ1n) is 6.02. The Labute approximate surface area is 91.9 Å². The number of hydrogen-bond donors (Lipinski definition) is 1. The summed E-state index contributed by atoms with van der Waals surface area (Å²) in [6, 6.07) is 1.27. The lowest BCUT2D eigenvalue weighted by atomic mass is 9.94. The van der Waals surface area contributed by atoms with Gasteiger partial charge in [-0.05, 0) is 26.7 Å². The van der Waals surface area contributed by atoms with Crippen LogP contribution in [0.15, 0.2) is 12.5 Å². The second-order valence-corrected chi connectivity index (χ2v) is 4.53. The van der Waals surface area contributed by atoms with Gasteiger partial charge < -0.3 is 9.88 Å². The third-order valence-electron chi connectivity index (χ3n) is 3.50. The lowest BCUT2D eigenvalue weighted by Crippen LogP contribution is -2.29. The molecule has 3 atom stereocenters. The Morgan fingerprint density at radius 3 is 3.00 bits per heavy atom. The van der Waals surface area contributed by atoms with Gasteiger partial charge in [-0.25, -0.2) is 4.98 Å². The van der Waals surface area contributed by atoms with Crippen LogP contribution >= 0.6 is 0 Å². The van der Waals surface area contributed by atoms with E-state index in [0.717, 1.165) is 6.54 Å². The molecule has 1 aliphatic heterocycles. The van der Waals surface area contributed by atoms with E-state index in [2.05, 4.69) is 35.6 Å². The van der Waals surface area contributed by atoms with E-state index < -0.39 is 0 Å². The number of hydrogen-bond acceptors (Lipinski definition) is 2. The Morgan fingerprint density at radius 1 is 1.53 bits per heavy atom. The molecule has 3 nitrogen and oxygen atoms in total. The molecule has 1 aromatic rings. The van der Waals surface area contributed by atoms with Gasteiger partial charge in [-0.1, -0.05) is 6.92 Å². The molecule has 84 valence electrons. The largest absolute Gasteiger partial charge is 0.335 e. The molecule has 0 bridgehead atoms. The van der Waals surface area contributed by atoms with Crippen molar-refractivity contribution >= 4 is 0 Å². The van der Waals surface area contributed by atoms with Crippen LogP contribution in [0.25, 0.3) is 0 Å². The first-order valence-corrected chi connectivity index (χ1v) is 6.02. The highest BCUT2D eigenvalue weighted by molar-refractivity contribution is 5.13. The van der Waals surface area contributed by atoms with Crippen molar-refractivity contribution in [3.8, 4) is 0 Å². The third kappa shape index (κ3) is 1.93. The summed E-state index contributed by atoms with van der Waals surface area (Å²) in [4.78, 5) is 4.27. The quantitative estimate of drug-likeness (QED) is 0.823. The Hall–Kier alpha value is -0.830. The van der Waals surface area contributed by atoms with Gasteiger partial charge in [0.05, 0.1) is 6.33 Å². The van der Waals surface area contributed by atoms with E-state index >= 15 is 0 Å². The van der Waals surface area contributed by atoms with E-state index in [-0.39, 0.29) is 0 Å². The van der Waals surface area contributed by atoms with Gasteiger partial charge in [-0.3, -0.25) is 0 Å². The monoisotopic (exact) mass is 207 g/mol. The number of rotatable bonds is 3. The Kier molecular flexibility index (Phi) is 3.10. The average molecular weight is 207 g/mol. The number of nitrogens with one attached hydrogen (secondary N) is 1. The van der Waals surface area contributed by atoms with E-state index in [1.54, 1.807) is 0 Å².